The number of thiophene rings is 1. The van der Waals surface area contributed by atoms with Crippen LogP contribution in [0.5, 0.6) is 0 Å². The highest BCUT2D eigenvalue weighted by Gasteiger charge is 2.30. The van der Waals surface area contributed by atoms with Gasteiger partial charge in [0.2, 0.25) is 0 Å². The van der Waals surface area contributed by atoms with Crippen molar-refractivity contribution in [2.24, 2.45) is 0 Å². The Morgan fingerprint density at radius 1 is 1.29 bits per heavy atom. The lowest BCUT2D eigenvalue weighted by Crippen LogP contribution is -2.32. The smallest absolute Gasteiger partial charge is 0.252 e. The first kappa shape index (κ1) is 15.4. The maximum Gasteiger partial charge on any atom is 0.252 e. The van der Waals surface area contributed by atoms with Crippen molar-refractivity contribution in [1.82, 2.24) is 4.31 Å². The van der Waals surface area contributed by atoms with Crippen LogP contribution in [0.3, 0.4) is 0 Å². The van der Waals surface area contributed by atoms with Crippen molar-refractivity contribution in [3.63, 3.8) is 0 Å². The van der Waals surface area contributed by atoms with Crippen LogP contribution < -0.4 is 0 Å². The number of sulfonamides is 1. The van der Waals surface area contributed by atoms with Gasteiger partial charge in [-0.2, -0.15) is 4.31 Å². The van der Waals surface area contributed by atoms with Gasteiger partial charge in [0.1, 0.15) is 9.97 Å². The van der Waals surface area contributed by atoms with E-state index in [0.29, 0.717) is 21.6 Å². The molecular weight excluding hydrogens is 350 g/mol. The molecule has 4 nitrogen and oxygen atoms in total. The van der Waals surface area contributed by atoms with Crippen molar-refractivity contribution < 1.29 is 12.8 Å². The lowest BCUT2D eigenvalue weighted by molar-refractivity contribution is 0.418. The van der Waals surface area contributed by atoms with Gasteiger partial charge in [-0.3, -0.25) is 0 Å². The van der Waals surface area contributed by atoms with Gasteiger partial charge < -0.3 is 4.42 Å². The summed E-state index contributed by atoms with van der Waals surface area (Å²) in [5.41, 5.74) is 0. The SMILES string of the molecule is O=S(=O)(c1ccc(Cl)s1)N1CCS[C@@H](c2ccco2)CC1. The number of rotatable bonds is 3. The molecule has 0 spiro atoms. The van der Waals surface area contributed by atoms with Crippen molar-refractivity contribution in [1.29, 1.82) is 0 Å². The first-order valence-corrected chi connectivity index (χ1v) is 10.2. The van der Waals surface area contributed by atoms with Crippen molar-refractivity contribution in [3.05, 3.63) is 40.6 Å². The molecule has 1 atom stereocenters. The maximum atomic E-state index is 12.6. The summed E-state index contributed by atoms with van der Waals surface area (Å²) in [7, 11) is -3.43. The topological polar surface area (TPSA) is 50.5 Å². The molecule has 0 N–H and O–H groups in total. The molecule has 1 aliphatic heterocycles. The fraction of sp³-hybridized carbons (Fsp3) is 0.385. The van der Waals surface area contributed by atoms with E-state index in [2.05, 4.69) is 0 Å². The number of halogens is 1. The molecule has 1 aliphatic rings. The van der Waals surface area contributed by atoms with E-state index in [-0.39, 0.29) is 5.25 Å². The van der Waals surface area contributed by atoms with Crippen LogP contribution in [0.25, 0.3) is 0 Å². The van der Waals surface area contributed by atoms with Crippen LogP contribution in [-0.4, -0.2) is 31.6 Å². The number of furan rings is 1. The summed E-state index contributed by atoms with van der Waals surface area (Å²) in [6.07, 6.45) is 2.40. The Bertz CT molecular complexity index is 696. The molecule has 0 radical (unpaired) electrons. The van der Waals surface area contributed by atoms with E-state index in [4.69, 9.17) is 16.0 Å². The first-order valence-electron chi connectivity index (χ1n) is 6.48. The van der Waals surface area contributed by atoms with Crippen LogP contribution in [-0.2, 0) is 10.0 Å². The van der Waals surface area contributed by atoms with E-state index in [9.17, 15) is 8.42 Å². The van der Waals surface area contributed by atoms with E-state index in [1.165, 1.54) is 0 Å². The minimum atomic E-state index is -3.43. The van der Waals surface area contributed by atoms with Gasteiger partial charge in [-0.1, -0.05) is 11.6 Å². The van der Waals surface area contributed by atoms with Gasteiger partial charge in [0.25, 0.3) is 10.0 Å². The van der Waals surface area contributed by atoms with E-state index in [0.717, 1.165) is 29.3 Å². The molecule has 0 aromatic carbocycles. The Labute approximate surface area is 137 Å². The van der Waals surface area contributed by atoms with Gasteiger partial charge in [0.15, 0.2) is 0 Å². The standard InChI is InChI=1S/C13H14ClNO3S3/c14-12-3-4-13(20-12)21(16,17)15-6-5-11(19-9-7-15)10-2-1-8-18-10/h1-4,8,11H,5-7,9H2/t11-/m1/s1. The van der Waals surface area contributed by atoms with Crippen LogP contribution in [0.15, 0.2) is 39.2 Å². The fourth-order valence-corrected chi connectivity index (χ4v) is 6.64. The molecule has 0 unspecified atom stereocenters. The predicted octanol–water partition coefficient (Wildman–Crippen LogP) is 3.86. The molecule has 1 saturated heterocycles. The van der Waals surface area contributed by atoms with E-state index in [1.807, 2.05) is 12.1 Å². The zero-order chi connectivity index (χ0) is 14.9. The highest BCUT2D eigenvalue weighted by molar-refractivity contribution is 7.99. The highest BCUT2D eigenvalue weighted by atomic mass is 35.5. The maximum absolute atomic E-state index is 12.6. The summed E-state index contributed by atoms with van der Waals surface area (Å²) in [5, 5.41) is 0.215. The molecule has 3 rings (SSSR count). The second-order valence-corrected chi connectivity index (χ2v) is 9.82. The molecule has 2 aromatic rings. The highest BCUT2D eigenvalue weighted by Crippen LogP contribution is 2.36. The summed E-state index contributed by atoms with van der Waals surface area (Å²) < 4.78 is 33.0. The van der Waals surface area contributed by atoms with E-state index < -0.39 is 10.0 Å². The Balaban J connectivity index is 1.75. The number of hydrogen-bond acceptors (Lipinski definition) is 5. The normalized spacial score (nSPS) is 21.3. The Morgan fingerprint density at radius 3 is 2.81 bits per heavy atom. The fourth-order valence-electron chi connectivity index (χ4n) is 2.26. The van der Waals surface area contributed by atoms with Crippen LogP contribution in [0.2, 0.25) is 4.34 Å². The quantitative estimate of drug-likeness (QED) is 0.830. The van der Waals surface area contributed by atoms with Crippen molar-refractivity contribution in [2.75, 3.05) is 18.8 Å². The molecule has 21 heavy (non-hydrogen) atoms. The third-order valence-corrected chi connectivity index (χ3v) is 8.19. The van der Waals surface area contributed by atoms with Gasteiger partial charge in [0, 0.05) is 18.8 Å². The largest absolute Gasteiger partial charge is 0.468 e. The minimum absolute atomic E-state index is 0.215. The Hall–Kier alpha value is -0.470. The van der Waals surface area contributed by atoms with Gasteiger partial charge in [-0.25, -0.2) is 8.42 Å². The number of thioether (sulfide) groups is 1. The van der Waals surface area contributed by atoms with Crippen molar-refractivity contribution in [3.8, 4) is 0 Å². The molecule has 0 bridgehead atoms. The third-order valence-electron chi connectivity index (χ3n) is 3.30. The number of hydrogen-bond donors (Lipinski definition) is 0. The van der Waals surface area contributed by atoms with Crippen LogP contribution >= 0.6 is 34.7 Å². The molecule has 0 saturated carbocycles. The summed E-state index contributed by atoms with van der Waals surface area (Å²) in [5.74, 6) is 1.67. The van der Waals surface area contributed by atoms with Crippen LogP contribution in [0.1, 0.15) is 17.4 Å². The molecule has 0 amide bonds. The summed E-state index contributed by atoms with van der Waals surface area (Å²) in [4.78, 5) is 0. The average Bonchev–Trinajstić information content (AvgIpc) is 3.06. The second-order valence-electron chi connectivity index (χ2n) is 4.63. The zero-order valence-corrected chi connectivity index (χ0v) is 14.3. The van der Waals surface area contributed by atoms with Gasteiger partial charge in [0.05, 0.1) is 15.8 Å². The second kappa shape index (κ2) is 6.34. The monoisotopic (exact) mass is 363 g/mol. The number of nitrogens with zero attached hydrogens (tertiary/aromatic N) is 1. The Kier molecular flexibility index (Phi) is 4.66. The van der Waals surface area contributed by atoms with E-state index >= 15 is 0 Å². The van der Waals surface area contributed by atoms with E-state index in [1.54, 1.807) is 34.5 Å². The lowest BCUT2D eigenvalue weighted by Gasteiger charge is -2.18. The minimum Gasteiger partial charge on any atom is -0.468 e. The van der Waals surface area contributed by atoms with Crippen LogP contribution in [0, 0.1) is 0 Å². The molecule has 1 fully saturated rings. The predicted molar refractivity (Wildman–Crippen MR) is 86.6 cm³/mol. The van der Waals surface area contributed by atoms with Crippen LogP contribution in [0.4, 0.5) is 0 Å². The van der Waals surface area contributed by atoms with Gasteiger partial charge >= 0.3 is 0 Å². The Morgan fingerprint density at radius 2 is 2.14 bits per heavy atom. The lowest BCUT2D eigenvalue weighted by atomic mass is 10.2. The molecule has 8 heteroatoms. The average molecular weight is 364 g/mol. The summed E-state index contributed by atoms with van der Waals surface area (Å²) in [6, 6.07) is 7.01. The third kappa shape index (κ3) is 3.32. The first-order chi connectivity index (χ1) is 10.1. The molecule has 2 aromatic heterocycles. The molecule has 114 valence electrons. The van der Waals surface area contributed by atoms with Gasteiger partial charge in [-0.15, -0.1) is 23.1 Å². The molecule has 3 heterocycles. The molecular formula is C13H14ClNO3S3. The van der Waals surface area contributed by atoms with Crippen molar-refractivity contribution >= 4 is 44.7 Å². The summed E-state index contributed by atoms with van der Waals surface area (Å²) >= 11 is 8.69. The zero-order valence-electron chi connectivity index (χ0n) is 11.1. The summed E-state index contributed by atoms with van der Waals surface area (Å²) in [6.45, 7) is 1.01. The van der Waals surface area contributed by atoms with Gasteiger partial charge in [-0.05, 0) is 30.7 Å². The molecule has 0 aliphatic carbocycles. The van der Waals surface area contributed by atoms with Crippen molar-refractivity contribution in [2.45, 2.75) is 15.9 Å².